The summed E-state index contributed by atoms with van der Waals surface area (Å²) in [6, 6.07) is 0. The Balaban J connectivity index is 4.90. The Kier molecular flexibility index (Phi) is 8.26. The Morgan fingerprint density at radius 2 is 2.00 bits per heavy atom. The highest BCUT2D eigenvalue weighted by Crippen LogP contribution is 2.14. The zero-order valence-corrected chi connectivity index (χ0v) is 11.8. The molecule has 0 saturated carbocycles. The largest absolute Gasteiger partial charge is 0.303 e. The summed E-state index contributed by atoms with van der Waals surface area (Å²) in [7, 11) is 0. The topological polar surface area (TPSA) is 36.2 Å². The van der Waals surface area contributed by atoms with Gasteiger partial charge in [0.1, 0.15) is 0 Å². The fraction of sp³-hybridized carbons (Fsp3) is 0.692. The van der Waals surface area contributed by atoms with Gasteiger partial charge >= 0.3 is 0 Å². The first-order valence-electron chi connectivity index (χ1n) is 6.12. The molecule has 0 spiro atoms. The molecule has 0 fully saturated rings. The van der Waals surface area contributed by atoms with Crippen LogP contribution in [-0.4, -0.2) is 11.4 Å². The van der Waals surface area contributed by atoms with Gasteiger partial charge < -0.3 is 5.41 Å². The summed E-state index contributed by atoms with van der Waals surface area (Å²) in [5.41, 5.74) is 2.54. The molecular weight excluding hydrogens is 216 g/mol. The van der Waals surface area contributed by atoms with Crippen molar-refractivity contribution in [2.75, 3.05) is 0 Å². The fourth-order valence-corrected chi connectivity index (χ4v) is 1.69. The van der Waals surface area contributed by atoms with Crippen molar-refractivity contribution in [2.45, 2.75) is 53.4 Å². The maximum atomic E-state index is 8.10. The molecule has 0 rings (SSSR count). The average molecular weight is 240 g/mol. The number of hydrogen-bond acceptors (Lipinski definition) is 3. The van der Waals surface area contributed by atoms with Crippen LogP contribution >= 0.6 is 12.8 Å². The number of nitrogens with one attached hydrogen (secondary N) is 1. The molecule has 3 heteroatoms. The van der Waals surface area contributed by atoms with Crippen molar-refractivity contribution in [1.82, 2.24) is 0 Å². The van der Waals surface area contributed by atoms with Crippen LogP contribution in [0.3, 0.4) is 0 Å². The molecule has 1 unspecified atom stereocenters. The van der Waals surface area contributed by atoms with E-state index in [1.54, 1.807) is 0 Å². The third-order valence-corrected chi connectivity index (χ3v) is 3.02. The van der Waals surface area contributed by atoms with Crippen LogP contribution in [0, 0.1) is 11.3 Å². The molecule has 0 aliphatic rings. The summed E-state index contributed by atoms with van der Waals surface area (Å²) in [6.45, 7) is 8.41. The van der Waals surface area contributed by atoms with Crippen LogP contribution in [0.4, 0.5) is 0 Å². The number of unbranched alkanes of at least 4 members (excludes halogenated alkanes) is 1. The first-order valence-corrected chi connectivity index (χ1v) is 6.52. The molecule has 0 bridgehead atoms. The summed E-state index contributed by atoms with van der Waals surface area (Å²) >= 11 is 4.01. The highest BCUT2D eigenvalue weighted by atomic mass is 32.1. The minimum absolute atomic E-state index is 0.252. The molecule has 0 heterocycles. The summed E-state index contributed by atoms with van der Waals surface area (Å²) in [4.78, 5) is 0. The molecule has 92 valence electrons. The second kappa shape index (κ2) is 8.57. The smallest absolute Gasteiger partial charge is 0.0948 e. The van der Waals surface area contributed by atoms with Crippen molar-refractivity contribution >= 4 is 24.2 Å². The minimum Gasteiger partial charge on any atom is -0.303 e. The summed E-state index contributed by atoms with van der Waals surface area (Å²) in [5, 5.41) is 8.10. The zero-order chi connectivity index (χ0) is 12.6. The summed E-state index contributed by atoms with van der Waals surface area (Å²) in [6.07, 6.45) is 6.24. The van der Waals surface area contributed by atoms with Crippen molar-refractivity contribution in [2.24, 2.45) is 10.3 Å². The van der Waals surface area contributed by atoms with Gasteiger partial charge in [-0.2, -0.15) is 0 Å². The number of hydrogen-bond donors (Lipinski definition) is 2. The molecule has 16 heavy (non-hydrogen) atoms. The zero-order valence-electron chi connectivity index (χ0n) is 10.9. The standard InChI is InChI=1S/C13H24N2S/c1-5-8-9-11(7-3)13(15-16)12(14)10(4)6-2/h9-10,14,16H,5-8H2,1-4H3/b11-9+,14-12?,15-13-. The maximum Gasteiger partial charge on any atom is 0.0948 e. The quantitative estimate of drug-likeness (QED) is 0.486. The summed E-state index contributed by atoms with van der Waals surface area (Å²) in [5.74, 6) is 0.252. The lowest BCUT2D eigenvalue weighted by Crippen LogP contribution is -2.22. The van der Waals surface area contributed by atoms with Crippen LogP contribution in [-0.2, 0) is 0 Å². The van der Waals surface area contributed by atoms with Crippen LogP contribution in [0.5, 0.6) is 0 Å². The Hall–Kier alpha value is -0.570. The molecule has 0 amide bonds. The second-order valence-corrected chi connectivity index (χ2v) is 4.24. The predicted molar refractivity (Wildman–Crippen MR) is 76.9 cm³/mol. The minimum atomic E-state index is 0.252. The van der Waals surface area contributed by atoms with Crippen LogP contribution < -0.4 is 0 Å². The van der Waals surface area contributed by atoms with E-state index in [4.69, 9.17) is 5.41 Å². The molecule has 0 aromatic rings. The van der Waals surface area contributed by atoms with Crippen molar-refractivity contribution in [3.8, 4) is 0 Å². The third-order valence-electron chi connectivity index (χ3n) is 2.82. The molecular formula is C13H24N2S. The highest BCUT2D eigenvalue weighted by molar-refractivity contribution is 7.79. The second-order valence-electron chi connectivity index (χ2n) is 4.04. The van der Waals surface area contributed by atoms with E-state index in [-0.39, 0.29) is 5.92 Å². The lowest BCUT2D eigenvalue weighted by Gasteiger charge is -2.14. The first-order chi connectivity index (χ1) is 7.62. The average Bonchev–Trinajstić information content (AvgIpc) is 2.32. The monoisotopic (exact) mass is 240 g/mol. The molecule has 0 aliphatic heterocycles. The van der Waals surface area contributed by atoms with E-state index < -0.39 is 0 Å². The van der Waals surface area contributed by atoms with Gasteiger partial charge in [-0.25, -0.2) is 4.40 Å². The number of rotatable bonds is 7. The van der Waals surface area contributed by atoms with Crippen molar-refractivity contribution in [1.29, 1.82) is 5.41 Å². The van der Waals surface area contributed by atoms with Gasteiger partial charge in [-0.1, -0.05) is 40.2 Å². The lowest BCUT2D eigenvalue weighted by atomic mass is 9.93. The molecule has 1 N–H and O–H groups in total. The number of allylic oxidation sites excluding steroid dienone is 2. The third kappa shape index (κ3) is 4.52. The van der Waals surface area contributed by atoms with Crippen LogP contribution in [0.25, 0.3) is 0 Å². The van der Waals surface area contributed by atoms with Crippen LogP contribution in [0.2, 0.25) is 0 Å². The summed E-state index contributed by atoms with van der Waals surface area (Å²) < 4.78 is 4.00. The SMILES string of the molecule is CCC/C=C(CC)/C(=N/S)C(=N)C(C)CC. The van der Waals surface area contributed by atoms with Gasteiger partial charge in [0.2, 0.25) is 0 Å². The highest BCUT2D eigenvalue weighted by Gasteiger charge is 2.16. The molecule has 2 nitrogen and oxygen atoms in total. The van der Waals surface area contributed by atoms with Gasteiger partial charge in [0.25, 0.3) is 0 Å². The Bertz CT molecular complexity index is 280. The molecule has 0 saturated heterocycles. The van der Waals surface area contributed by atoms with Crippen molar-refractivity contribution in [3.05, 3.63) is 11.6 Å². The molecule has 0 aromatic heterocycles. The molecule has 1 atom stereocenters. The fourth-order valence-electron chi connectivity index (χ4n) is 1.46. The lowest BCUT2D eigenvalue weighted by molar-refractivity contribution is 0.742. The van der Waals surface area contributed by atoms with Gasteiger partial charge in [0.05, 0.1) is 11.4 Å². The van der Waals surface area contributed by atoms with E-state index in [1.165, 1.54) is 0 Å². The normalized spacial score (nSPS) is 15.1. The van der Waals surface area contributed by atoms with E-state index in [9.17, 15) is 0 Å². The maximum absolute atomic E-state index is 8.10. The number of thiol groups is 1. The van der Waals surface area contributed by atoms with E-state index in [2.05, 4.69) is 51.0 Å². The van der Waals surface area contributed by atoms with Gasteiger partial charge in [-0.3, -0.25) is 0 Å². The van der Waals surface area contributed by atoms with Gasteiger partial charge in [-0.15, -0.1) is 0 Å². The first kappa shape index (κ1) is 15.4. The Morgan fingerprint density at radius 3 is 2.38 bits per heavy atom. The van der Waals surface area contributed by atoms with Gasteiger partial charge in [0, 0.05) is 0 Å². The molecule has 0 radical (unpaired) electrons. The molecule has 0 aromatic carbocycles. The van der Waals surface area contributed by atoms with Crippen LogP contribution in [0.15, 0.2) is 16.0 Å². The van der Waals surface area contributed by atoms with Gasteiger partial charge in [0.15, 0.2) is 0 Å². The van der Waals surface area contributed by atoms with Crippen molar-refractivity contribution in [3.63, 3.8) is 0 Å². The van der Waals surface area contributed by atoms with Crippen LogP contribution in [0.1, 0.15) is 53.4 Å². The van der Waals surface area contributed by atoms with E-state index in [0.29, 0.717) is 5.71 Å². The van der Waals surface area contributed by atoms with Crippen molar-refractivity contribution < 1.29 is 0 Å². The van der Waals surface area contributed by atoms with E-state index >= 15 is 0 Å². The predicted octanol–water partition coefficient (Wildman–Crippen LogP) is 4.47. The number of nitrogens with zero attached hydrogens (tertiary/aromatic N) is 1. The Morgan fingerprint density at radius 1 is 1.38 bits per heavy atom. The van der Waals surface area contributed by atoms with E-state index in [0.717, 1.165) is 37.0 Å². The Labute approximate surface area is 105 Å². The molecule has 0 aliphatic carbocycles. The van der Waals surface area contributed by atoms with E-state index in [1.807, 2.05) is 0 Å². The van der Waals surface area contributed by atoms with Gasteiger partial charge in [-0.05, 0) is 43.6 Å².